The number of rotatable bonds is 8. The lowest BCUT2D eigenvalue weighted by atomic mass is 9.69. The minimum absolute atomic E-state index is 0.176. The van der Waals surface area contributed by atoms with Crippen LogP contribution in [0.2, 0.25) is 0 Å². The van der Waals surface area contributed by atoms with Crippen molar-refractivity contribution in [1.82, 2.24) is 0 Å². The predicted molar refractivity (Wildman–Crippen MR) is 160 cm³/mol. The first kappa shape index (κ1) is 28.4. The van der Waals surface area contributed by atoms with Gasteiger partial charge >= 0.3 is 0 Å². The monoisotopic (exact) mass is 550 g/mol. The molecule has 4 aliphatic carbocycles. The molecule has 3 fully saturated rings. The highest BCUT2D eigenvalue weighted by Gasteiger charge is 2.36. The maximum absolute atomic E-state index is 15.8. The van der Waals surface area contributed by atoms with Crippen LogP contribution in [0.1, 0.15) is 134 Å². The molecule has 0 unspecified atom stereocenters. The zero-order chi connectivity index (χ0) is 27.8. The summed E-state index contributed by atoms with van der Waals surface area (Å²) in [5.74, 6) is 2.35. The van der Waals surface area contributed by atoms with Crippen LogP contribution in [-0.4, -0.2) is 0 Å². The van der Waals surface area contributed by atoms with Crippen molar-refractivity contribution in [1.29, 1.82) is 0 Å². The first-order valence-electron chi connectivity index (χ1n) is 16.8. The predicted octanol–water partition coefficient (Wildman–Crippen LogP) is 11.8. The fourth-order valence-corrected chi connectivity index (χ4v) is 8.95. The van der Waals surface area contributed by atoms with E-state index in [1.54, 1.807) is 0 Å². The zero-order valence-corrected chi connectivity index (χ0v) is 24.9. The van der Waals surface area contributed by atoms with Gasteiger partial charge < -0.3 is 0 Å². The summed E-state index contributed by atoms with van der Waals surface area (Å²) in [6.45, 7) is 4.62. The highest BCUT2D eigenvalue weighted by atomic mass is 19.2. The molecule has 0 amide bonds. The second-order valence-corrected chi connectivity index (χ2v) is 14.2. The Bertz CT molecular complexity index is 1170. The molecule has 0 saturated heterocycles. The third-order valence-electron chi connectivity index (χ3n) is 11.7. The van der Waals surface area contributed by atoms with E-state index in [1.807, 2.05) is 18.2 Å². The van der Waals surface area contributed by atoms with Crippen molar-refractivity contribution in [3.05, 3.63) is 46.8 Å². The minimum atomic E-state index is -0.838. The Hall–Kier alpha value is -1.77. The lowest BCUT2D eigenvalue weighted by Crippen LogP contribution is -2.25. The van der Waals surface area contributed by atoms with Crippen LogP contribution < -0.4 is 0 Å². The van der Waals surface area contributed by atoms with Crippen molar-refractivity contribution >= 4 is 0 Å². The van der Waals surface area contributed by atoms with Crippen LogP contribution in [0.5, 0.6) is 0 Å². The highest BCUT2D eigenvalue weighted by Crippen LogP contribution is 2.53. The first-order chi connectivity index (χ1) is 19.4. The van der Waals surface area contributed by atoms with E-state index in [-0.39, 0.29) is 17.3 Å². The summed E-state index contributed by atoms with van der Waals surface area (Å²) in [6.07, 6.45) is 20.2. The molecular formula is C37H49F3. The van der Waals surface area contributed by atoms with Gasteiger partial charge in [-0.3, -0.25) is 0 Å². The Morgan fingerprint density at radius 2 is 1.25 bits per heavy atom. The van der Waals surface area contributed by atoms with Crippen molar-refractivity contribution in [3.63, 3.8) is 0 Å². The molecule has 0 aromatic heterocycles. The minimum Gasteiger partial charge on any atom is -0.206 e. The van der Waals surface area contributed by atoms with Gasteiger partial charge in [-0.1, -0.05) is 70.9 Å². The highest BCUT2D eigenvalue weighted by molar-refractivity contribution is 6.03. The Balaban J connectivity index is 1.08. The van der Waals surface area contributed by atoms with Crippen LogP contribution in [0, 0.1) is 47.0 Å². The summed E-state index contributed by atoms with van der Waals surface area (Å²) in [7, 11) is 0. The topological polar surface area (TPSA) is 0 Å². The van der Waals surface area contributed by atoms with Gasteiger partial charge in [-0.15, -0.1) is 0 Å². The lowest BCUT2D eigenvalue weighted by molar-refractivity contribution is 0.147. The standard InChI is InChI=1S/C37H49F3/c1-3-4-5-24-10-17-28(18-11-24)30-20-21-31-32-22-29(35(38)37(40)34(32)33(31)36(30)39)19-12-25-8-15-27(16-9-25)26-13-6-23(2)7-14-26/h20-28H,3-19H2,1-2H3. The van der Waals surface area contributed by atoms with Crippen molar-refractivity contribution in [2.24, 2.45) is 29.6 Å². The van der Waals surface area contributed by atoms with Crippen LogP contribution >= 0.6 is 0 Å². The van der Waals surface area contributed by atoms with E-state index >= 15 is 13.2 Å². The molecule has 0 radical (unpaired) electrons. The number of halogens is 3. The number of hydrogen-bond acceptors (Lipinski definition) is 0. The van der Waals surface area contributed by atoms with Crippen molar-refractivity contribution < 1.29 is 13.2 Å². The van der Waals surface area contributed by atoms with E-state index in [9.17, 15) is 0 Å². The van der Waals surface area contributed by atoms with Crippen LogP contribution in [-0.2, 0) is 6.42 Å². The van der Waals surface area contributed by atoms with E-state index in [2.05, 4.69) is 13.8 Å². The van der Waals surface area contributed by atoms with Crippen LogP contribution in [0.15, 0.2) is 18.2 Å². The molecule has 0 heterocycles. The molecule has 0 aliphatic heterocycles. The van der Waals surface area contributed by atoms with Crippen LogP contribution in [0.25, 0.3) is 22.3 Å². The van der Waals surface area contributed by atoms with Gasteiger partial charge in [-0.2, -0.15) is 0 Å². The smallest absolute Gasteiger partial charge is 0.167 e. The molecule has 3 heteroatoms. The van der Waals surface area contributed by atoms with Gasteiger partial charge in [0.15, 0.2) is 11.6 Å². The van der Waals surface area contributed by atoms with E-state index in [4.69, 9.17) is 0 Å². The number of unbranched alkanes of at least 4 members (excludes halogenated alkanes) is 1. The summed E-state index contributed by atoms with van der Waals surface area (Å²) in [5.41, 5.74) is 3.14. The quantitative estimate of drug-likeness (QED) is 0.262. The summed E-state index contributed by atoms with van der Waals surface area (Å²) in [6, 6.07) is 5.72. The summed E-state index contributed by atoms with van der Waals surface area (Å²) in [4.78, 5) is 0. The van der Waals surface area contributed by atoms with Gasteiger partial charge in [0.1, 0.15) is 5.82 Å². The van der Waals surface area contributed by atoms with Gasteiger partial charge in [0.25, 0.3) is 0 Å². The maximum atomic E-state index is 15.8. The van der Waals surface area contributed by atoms with E-state index < -0.39 is 11.6 Å². The number of benzene rings is 2. The van der Waals surface area contributed by atoms with Crippen LogP contribution in [0.4, 0.5) is 13.2 Å². The maximum Gasteiger partial charge on any atom is 0.167 e. The molecule has 0 N–H and O–H groups in total. The van der Waals surface area contributed by atoms with E-state index in [0.717, 1.165) is 61.3 Å². The molecule has 0 atom stereocenters. The van der Waals surface area contributed by atoms with Crippen LogP contribution in [0.3, 0.4) is 0 Å². The summed E-state index contributed by atoms with van der Waals surface area (Å²) < 4.78 is 46.5. The van der Waals surface area contributed by atoms with E-state index in [0.29, 0.717) is 34.6 Å². The SMILES string of the molecule is CCCCC1CCC(c2ccc3c(c2F)-c2c-3cc(CCC3CCC(C4CCC(C)CC4)CC3)c(F)c2F)CC1. The van der Waals surface area contributed by atoms with Gasteiger partial charge in [0.2, 0.25) is 0 Å². The molecule has 0 nitrogen and oxygen atoms in total. The summed E-state index contributed by atoms with van der Waals surface area (Å²) in [5, 5.41) is 0. The molecule has 0 spiro atoms. The fourth-order valence-electron chi connectivity index (χ4n) is 8.95. The Morgan fingerprint density at radius 1 is 0.650 bits per heavy atom. The first-order valence-corrected chi connectivity index (χ1v) is 16.8. The fraction of sp³-hybridized carbons (Fsp3) is 0.676. The third-order valence-corrected chi connectivity index (χ3v) is 11.7. The van der Waals surface area contributed by atoms with Crippen molar-refractivity contribution in [2.75, 3.05) is 0 Å². The van der Waals surface area contributed by atoms with E-state index in [1.165, 1.54) is 70.6 Å². The summed E-state index contributed by atoms with van der Waals surface area (Å²) >= 11 is 0. The van der Waals surface area contributed by atoms with Gasteiger partial charge in [0.05, 0.1) is 0 Å². The zero-order valence-electron chi connectivity index (χ0n) is 24.9. The second-order valence-electron chi connectivity index (χ2n) is 14.2. The van der Waals surface area contributed by atoms with Gasteiger partial charge in [-0.25, -0.2) is 13.2 Å². The molecule has 0 bridgehead atoms. The normalized spacial score (nSPS) is 29.9. The third kappa shape index (κ3) is 5.52. The Labute approximate surface area is 240 Å². The molecule has 2 aromatic carbocycles. The Morgan fingerprint density at radius 3 is 1.93 bits per heavy atom. The largest absolute Gasteiger partial charge is 0.206 e. The van der Waals surface area contributed by atoms with Crippen molar-refractivity contribution in [2.45, 2.75) is 129 Å². The van der Waals surface area contributed by atoms with Gasteiger partial charge in [0, 0.05) is 11.1 Å². The second kappa shape index (κ2) is 12.2. The number of fused-ring (bicyclic) bond motifs is 4. The molecule has 6 rings (SSSR count). The average molecular weight is 551 g/mol. The Kier molecular flexibility index (Phi) is 8.66. The molecule has 218 valence electrons. The van der Waals surface area contributed by atoms with Crippen molar-refractivity contribution in [3.8, 4) is 22.3 Å². The average Bonchev–Trinajstić information content (AvgIpc) is 2.97. The lowest BCUT2D eigenvalue weighted by Gasteiger charge is -2.37. The number of aryl methyl sites for hydroxylation is 1. The number of hydrogen-bond donors (Lipinski definition) is 0. The molecule has 3 saturated carbocycles. The molecule has 2 aromatic rings. The molecule has 4 aliphatic rings. The molecular weight excluding hydrogens is 501 g/mol. The van der Waals surface area contributed by atoms with Gasteiger partial charge in [-0.05, 0) is 128 Å². The molecule has 40 heavy (non-hydrogen) atoms.